The Balaban J connectivity index is 1.57. The van der Waals surface area contributed by atoms with Gasteiger partial charge in [0.1, 0.15) is 12.2 Å². The summed E-state index contributed by atoms with van der Waals surface area (Å²) in [5.41, 5.74) is 9.21. The highest BCUT2D eigenvalue weighted by atomic mass is 35.5. The van der Waals surface area contributed by atoms with E-state index in [1.54, 1.807) is 18.5 Å². The third-order valence-corrected chi connectivity index (χ3v) is 9.13. The van der Waals surface area contributed by atoms with E-state index < -0.39 is 0 Å². The average Bonchev–Trinajstić information content (AvgIpc) is 3.57. The number of hydrogen-bond acceptors (Lipinski definition) is 7. The molecule has 11 heteroatoms. The van der Waals surface area contributed by atoms with Gasteiger partial charge in [-0.1, -0.05) is 36.5 Å². The Morgan fingerprint density at radius 3 is 2.64 bits per heavy atom. The van der Waals surface area contributed by atoms with Gasteiger partial charge in [0.05, 0.1) is 33.8 Å². The molecule has 2 atom stereocenters. The van der Waals surface area contributed by atoms with E-state index in [2.05, 4.69) is 26.5 Å². The van der Waals surface area contributed by atoms with E-state index in [-0.39, 0.29) is 30.4 Å². The van der Waals surface area contributed by atoms with Gasteiger partial charge >= 0.3 is 0 Å². The first-order valence-electron chi connectivity index (χ1n) is 13.9. The smallest absolute Gasteiger partial charge is 0.242 e. The van der Waals surface area contributed by atoms with Gasteiger partial charge in [-0.05, 0) is 56.1 Å². The largest absolute Gasteiger partial charge is 0.409 e. The van der Waals surface area contributed by atoms with Crippen molar-refractivity contribution in [2.24, 2.45) is 22.7 Å². The number of likely N-dealkylation sites (N-methyl/N-ethyl adjacent to an activating group) is 1. The molecule has 0 unspecified atom stereocenters. The van der Waals surface area contributed by atoms with E-state index in [0.29, 0.717) is 27.8 Å². The molecule has 206 valence electrons. The number of rotatable bonds is 5. The normalized spacial score (nSPS) is 25.9. The van der Waals surface area contributed by atoms with E-state index in [0.717, 1.165) is 61.6 Å². The van der Waals surface area contributed by atoms with Crippen molar-refractivity contribution in [2.75, 3.05) is 18.5 Å². The monoisotopic (exact) mass is 550 g/mol. The maximum absolute atomic E-state index is 13.1. The minimum atomic E-state index is -0.101. The van der Waals surface area contributed by atoms with Crippen molar-refractivity contribution in [3.05, 3.63) is 35.2 Å². The summed E-state index contributed by atoms with van der Waals surface area (Å²) in [4.78, 5) is 31.6. The lowest BCUT2D eigenvalue weighted by molar-refractivity contribution is -0.132. The van der Waals surface area contributed by atoms with Crippen molar-refractivity contribution in [1.29, 1.82) is 0 Å². The fourth-order valence-electron chi connectivity index (χ4n) is 6.75. The summed E-state index contributed by atoms with van der Waals surface area (Å²) in [6.45, 7) is 3.40. The van der Waals surface area contributed by atoms with Crippen LogP contribution in [-0.2, 0) is 11.3 Å². The van der Waals surface area contributed by atoms with E-state index in [4.69, 9.17) is 27.3 Å². The van der Waals surface area contributed by atoms with Gasteiger partial charge in [0.15, 0.2) is 5.84 Å². The van der Waals surface area contributed by atoms with Crippen molar-refractivity contribution < 1.29 is 10.0 Å². The number of nitrogens with zero attached hydrogens (tertiary/aromatic N) is 7. The first-order valence-corrected chi connectivity index (χ1v) is 14.2. The summed E-state index contributed by atoms with van der Waals surface area (Å²) in [7, 11) is 1.92. The molecule has 0 radical (unpaired) electrons. The van der Waals surface area contributed by atoms with Crippen LogP contribution in [0.3, 0.4) is 0 Å². The van der Waals surface area contributed by atoms with E-state index in [9.17, 15) is 10.0 Å². The Labute approximate surface area is 232 Å². The molecule has 10 nitrogen and oxygen atoms in total. The van der Waals surface area contributed by atoms with Crippen LogP contribution in [0.4, 0.5) is 5.95 Å². The Morgan fingerprint density at radius 1 is 1.13 bits per heavy atom. The number of piperazine rings is 1. The van der Waals surface area contributed by atoms with Gasteiger partial charge in [0.2, 0.25) is 11.9 Å². The van der Waals surface area contributed by atoms with E-state index in [1.165, 1.54) is 12.8 Å². The molecule has 2 aliphatic carbocycles. The molecule has 3 N–H and O–H groups in total. The Hall–Kier alpha value is -3.40. The van der Waals surface area contributed by atoms with Crippen molar-refractivity contribution in [2.45, 2.75) is 70.5 Å². The van der Waals surface area contributed by atoms with Crippen LogP contribution in [0.15, 0.2) is 29.7 Å². The second-order valence-electron chi connectivity index (χ2n) is 11.4. The maximum atomic E-state index is 13.1. The molecule has 3 aliphatic rings. The number of halogens is 1. The molecular formula is C28H35ClN8O2. The van der Waals surface area contributed by atoms with Crippen LogP contribution in [0.25, 0.3) is 22.3 Å². The summed E-state index contributed by atoms with van der Waals surface area (Å²) < 4.78 is 2.27. The third-order valence-electron chi connectivity index (χ3n) is 8.93. The standard InChI is InChI=1S/C28H35ClN8O2/c1-16-6-8-17(9-7-16)14-37-26-20(33-28(37)36-15-24(38)35(2)22-4-3-5-23(22)36)11-21(27(30)34-39)32-25(26)18-10-19(29)13-31-12-18/h10-13,16-17,22-23,39H,3-9,14-15H2,1-2H3,(H2,30,34)/t16?,17?,22-,23-/m0/s1. The maximum Gasteiger partial charge on any atom is 0.242 e. The predicted octanol–water partition coefficient (Wildman–Crippen LogP) is 4.27. The van der Waals surface area contributed by atoms with Crippen LogP contribution in [0.5, 0.6) is 0 Å². The lowest BCUT2D eigenvalue weighted by atomic mass is 9.83. The van der Waals surface area contributed by atoms with Gasteiger partial charge < -0.3 is 25.3 Å². The van der Waals surface area contributed by atoms with Gasteiger partial charge in [-0.15, -0.1) is 0 Å². The number of fused-ring (bicyclic) bond motifs is 2. The SMILES string of the molecule is CC1CCC(Cn2c(N3CC(=O)N(C)[C@H]4CCC[C@@H]43)nc3cc(C(N)=NO)nc(-c4cncc(Cl)c4)c32)CC1. The van der Waals surface area contributed by atoms with Crippen molar-refractivity contribution >= 4 is 40.3 Å². The van der Waals surface area contributed by atoms with E-state index in [1.807, 2.05) is 18.0 Å². The molecule has 6 rings (SSSR count). The number of imidazole rings is 1. The van der Waals surface area contributed by atoms with Crippen LogP contribution in [0.2, 0.25) is 5.02 Å². The number of carbonyl (C=O) groups is 1. The molecule has 0 bridgehead atoms. The summed E-state index contributed by atoms with van der Waals surface area (Å²) in [5.74, 6) is 2.03. The van der Waals surface area contributed by atoms with Crippen LogP contribution < -0.4 is 10.6 Å². The zero-order valence-corrected chi connectivity index (χ0v) is 23.2. The highest BCUT2D eigenvalue weighted by Crippen LogP contribution is 2.39. The number of amides is 1. The van der Waals surface area contributed by atoms with Crippen LogP contribution in [-0.4, -0.2) is 67.0 Å². The van der Waals surface area contributed by atoms with Crippen molar-refractivity contribution in [3.8, 4) is 11.3 Å². The zero-order chi connectivity index (χ0) is 27.3. The summed E-state index contributed by atoms with van der Waals surface area (Å²) >= 11 is 6.35. The summed E-state index contributed by atoms with van der Waals surface area (Å²) in [5, 5.41) is 13.1. The lowest BCUT2D eigenvalue weighted by Crippen LogP contribution is -2.59. The van der Waals surface area contributed by atoms with E-state index >= 15 is 0 Å². The fourth-order valence-corrected chi connectivity index (χ4v) is 6.92. The summed E-state index contributed by atoms with van der Waals surface area (Å²) in [6, 6.07) is 3.97. The number of hydrogen-bond donors (Lipinski definition) is 2. The second kappa shape index (κ2) is 10.3. The molecule has 1 aliphatic heterocycles. The highest BCUT2D eigenvalue weighted by molar-refractivity contribution is 6.30. The lowest BCUT2D eigenvalue weighted by Gasteiger charge is -2.43. The van der Waals surface area contributed by atoms with Crippen LogP contribution in [0.1, 0.15) is 57.6 Å². The fraction of sp³-hybridized carbons (Fsp3) is 0.536. The Kier molecular flexibility index (Phi) is 6.82. The molecule has 1 amide bonds. The molecule has 2 saturated carbocycles. The van der Waals surface area contributed by atoms with Gasteiger partial charge in [-0.2, -0.15) is 0 Å². The van der Waals surface area contributed by atoms with Crippen LogP contribution >= 0.6 is 11.6 Å². The molecule has 3 fully saturated rings. The molecule has 3 aromatic heterocycles. The molecule has 3 aromatic rings. The molecule has 39 heavy (non-hydrogen) atoms. The Morgan fingerprint density at radius 2 is 1.90 bits per heavy atom. The van der Waals surface area contributed by atoms with Gasteiger partial charge in [-0.3, -0.25) is 9.78 Å². The number of nitrogens with two attached hydrogens (primary N) is 1. The number of oxime groups is 1. The minimum absolute atomic E-state index is 0.101. The molecule has 1 saturated heterocycles. The van der Waals surface area contributed by atoms with Crippen molar-refractivity contribution in [3.63, 3.8) is 0 Å². The topological polar surface area (TPSA) is 126 Å². The predicted molar refractivity (Wildman–Crippen MR) is 151 cm³/mol. The van der Waals surface area contributed by atoms with Crippen LogP contribution in [0, 0.1) is 11.8 Å². The number of pyridine rings is 2. The van der Waals surface area contributed by atoms with Gasteiger partial charge in [0, 0.05) is 31.5 Å². The number of carbonyl (C=O) groups excluding carboxylic acids is 1. The molecule has 0 aromatic carbocycles. The summed E-state index contributed by atoms with van der Waals surface area (Å²) in [6.07, 6.45) is 11.1. The number of aromatic nitrogens is 4. The average molecular weight is 551 g/mol. The minimum Gasteiger partial charge on any atom is -0.409 e. The third kappa shape index (κ3) is 4.68. The Bertz CT molecular complexity index is 1430. The molecule has 4 heterocycles. The second-order valence-corrected chi connectivity index (χ2v) is 11.9. The molecule has 0 spiro atoms. The highest BCUT2D eigenvalue weighted by Gasteiger charge is 2.43. The van der Waals surface area contributed by atoms with Crippen molar-refractivity contribution in [1.82, 2.24) is 24.4 Å². The number of anilines is 1. The van der Waals surface area contributed by atoms with Gasteiger partial charge in [-0.25, -0.2) is 9.97 Å². The quantitative estimate of drug-likeness (QED) is 0.210. The molecular weight excluding hydrogens is 516 g/mol. The zero-order valence-electron chi connectivity index (χ0n) is 22.4. The van der Waals surface area contributed by atoms with Gasteiger partial charge in [0.25, 0.3) is 0 Å². The first-order chi connectivity index (χ1) is 18.8. The number of amidine groups is 1. The first kappa shape index (κ1) is 25.9.